The third-order valence-corrected chi connectivity index (χ3v) is 2.77. The van der Waals surface area contributed by atoms with Gasteiger partial charge in [0.1, 0.15) is 0 Å². The first-order valence-corrected chi connectivity index (χ1v) is 4.20. The normalized spacial score (nSPS) is 23.8. The zero-order valence-electron chi connectivity index (χ0n) is 7.42. The molecular weight excluding hydrogens is 156 g/mol. The number of aliphatic hydroxyl groups excluding tert-OH is 1. The van der Waals surface area contributed by atoms with Crippen LogP contribution < -0.4 is 5.73 Å². The van der Waals surface area contributed by atoms with Gasteiger partial charge in [0.25, 0.3) is 0 Å². The Hall–Kier alpha value is -0.610. The fraction of sp³-hybridized carbons (Fsp3) is 0.875. The molecule has 0 radical (unpaired) electrons. The van der Waals surface area contributed by atoms with Crippen molar-refractivity contribution in [2.75, 3.05) is 26.7 Å². The van der Waals surface area contributed by atoms with E-state index >= 15 is 0 Å². The molecule has 12 heavy (non-hydrogen) atoms. The maximum atomic E-state index is 11.1. The summed E-state index contributed by atoms with van der Waals surface area (Å²) in [6.07, 6.45) is 1.35. The predicted molar refractivity (Wildman–Crippen MR) is 45.4 cm³/mol. The first kappa shape index (κ1) is 9.48. The standard InChI is InChI=1S/C8H16N2O2/c1-10-4-2-8(6-11,3-5-10)7(9)12/h11H,2-6H2,1H3,(H2,9,12). The molecule has 1 rings (SSSR count). The average molecular weight is 172 g/mol. The van der Waals surface area contributed by atoms with Crippen LogP contribution in [0.2, 0.25) is 0 Å². The molecule has 0 spiro atoms. The van der Waals surface area contributed by atoms with Crippen LogP contribution in [0.25, 0.3) is 0 Å². The molecule has 0 aliphatic carbocycles. The van der Waals surface area contributed by atoms with Gasteiger partial charge in [-0.3, -0.25) is 4.79 Å². The van der Waals surface area contributed by atoms with Crippen molar-refractivity contribution < 1.29 is 9.90 Å². The quantitative estimate of drug-likeness (QED) is 0.571. The highest BCUT2D eigenvalue weighted by Gasteiger charge is 2.38. The molecule has 1 heterocycles. The van der Waals surface area contributed by atoms with Gasteiger partial charge in [-0.1, -0.05) is 0 Å². The van der Waals surface area contributed by atoms with E-state index in [-0.39, 0.29) is 12.5 Å². The minimum atomic E-state index is -0.646. The summed E-state index contributed by atoms with van der Waals surface area (Å²) in [4.78, 5) is 13.2. The van der Waals surface area contributed by atoms with E-state index in [9.17, 15) is 4.79 Å². The number of amides is 1. The number of primary amides is 1. The van der Waals surface area contributed by atoms with Crippen LogP contribution in [0.15, 0.2) is 0 Å². The van der Waals surface area contributed by atoms with Crippen LogP contribution >= 0.6 is 0 Å². The molecule has 0 aromatic rings. The lowest BCUT2D eigenvalue weighted by molar-refractivity contribution is -0.133. The van der Waals surface area contributed by atoms with Crippen LogP contribution in [0.5, 0.6) is 0 Å². The average Bonchev–Trinajstić information content (AvgIpc) is 2.06. The lowest BCUT2D eigenvalue weighted by Gasteiger charge is -2.36. The van der Waals surface area contributed by atoms with Crippen molar-refractivity contribution in [3.8, 4) is 0 Å². The largest absolute Gasteiger partial charge is 0.395 e. The van der Waals surface area contributed by atoms with Gasteiger partial charge < -0.3 is 15.7 Å². The SMILES string of the molecule is CN1CCC(CO)(C(N)=O)CC1. The second-order valence-corrected chi connectivity index (χ2v) is 3.61. The Morgan fingerprint density at radius 1 is 1.58 bits per heavy atom. The van der Waals surface area contributed by atoms with Gasteiger partial charge in [-0.2, -0.15) is 0 Å². The second kappa shape index (κ2) is 3.41. The van der Waals surface area contributed by atoms with Crippen LogP contribution in [-0.4, -0.2) is 42.7 Å². The Labute approximate surface area is 72.3 Å². The fourth-order valence-corrected chi connectivity index (χ4v) is 1.53. The number of nitrogens with two attached hydrogens (primary N) is 1. The van der Waals surface area contributed by atoms with Crippen molar-refractivity contribution in [1.82, 2.24) is 4.90 Å². The minimum absolute atomic E-state index is 0.115. The van der Waals surface area contributed by atoms with Crippen LogP contribution in [0.1, 0.15) is 12.8 Å². The van der Waals surface area contributed by atoms with Crippen molar-refractivity contribution >= 4 is 5.91 Å². The van der Waals surface area contributed by atoms with Gasteiger partial charge in [0.2, 0.25) is 5.91 Å². The topological polar surface area (TPSA) is 66.6 Å². The Balaban J connectivity index is 2.63. The zero-order valence-corrected chi connectivity index (χ0v) is 7.42. The summed E-state index contributed by atoms with van der Waals surface area (Å²) in [6.45, 7) is 1.56. The third kappa shape index (κ3) is 1.59. The van der Waals surface area contributed by atoms with Crippen LogP contribution in [0, 0.1) is 5.41 Å². The number of likely N-dealkylation sites (tertiary alicyclic amines) is 1. The number of nitrogens with zero attached hydrogens (tertiary/aromatic N) is 1. The number of piperidine rings is 1. The molecule has 1 fully saturated rings. The molecule has 0 aromatic carbocycles. The van der Waals surface area contributed by atoms with Gasteiger partial charge in [0.15, 0.2) is 0 Å². The van der Waals surface area contributed by atoms with Crippen LogP contribution in [0.4, 0.5) is 0 Å². The smallest absolute Gasteiger partial charge is 0.226 e. The Kier molecular flexibility index (Phi) is 2.69. The summed E-state index contributed by atoms with van der Waals surface area (Å²) in [5, 5.41) is 9.08. The molecule has 0 saturated carbocycles. The highest BCUT2D eigenvalue weighted by atomic mass is 16.3. The summed E-state index contributed by atoms with van der Waals surface area (Å²) in [7, 11) is 2.00. The molecule has 70 valence electrons. The molecule has 1 saturated heterocycles. The van der Waals surface area contributed by atoms with Crippen molar-refractivity contribution in [2.24, 2.45) is 11.1 Å². The Morgan fingerprint density at radius 3 is 2.42 bits per heavy atom. The second-order valence-electron chi connectivity index (χ2n) is 3.61. The van der Waals surface area contributed by atoms with E-state index in [0.29, 0.717) is 12.8 Å². The van der Waals surface area contributed by atoms with E-state index in [2.05, 4.69) is 4.90 Å². The van der Waals surface area contributed by atoms with E-state index in [1.54, 1.807) is 0 Å². The van der Waals surface area contributed by atoms with Crippen molar-refractivity contribution in [3.63, 3.8) is 0 Å². The molecule has 0 atom stereocenters. The maximum Gasteiger partial charge on any atom is 0.226 e. The Bertz CT molecular complexity index is 174. The number of rotatable bonds is 2. The molecule has 3 N–H and O–H groups in total. The molecule has 0 aromatic heterocycles. The molecule has 4 nitrogen and oxygen atoms in total. The fourth-order valence-electron chi connectivity index (χ4n) is 1.53. The minimum Gasteiger partial charge on any atom is -0.395 e. The number of aliphatic hydroxyl groups is 1. The monoisotopic (exact) mass is 172 g/mol. The van der Waals surface area contributed by atoms with Crippen molar-refractivity contribution in [3.05, 3.63) is 0 Å². The van der Waals surface area contributed by atoms with E-state index in [0.717, 1.165) is 13.1 Å². The summed E-state index contributed by atoms with van der Waals surface area (Å²) in [5.74, 6) is -0.363. The van der Waals surface area contributed by atoms with E-state index in [1.165, 1.54) is 0 Å². The highest BCUT2D eigenvalue weighted by Crippen LogP contribution is 2.29. The van der Waals surface area contributed by atoms with Gasteiger partial charge in [0.05, 0.1) is 12.0 Å². The molecule has 0 unspecified atom stereocenters. The molecule has 1 aliphatic rings. The zero-order chi connectivity index (χ0) is 9.19. The van der Waals surface area contributed by atoms with E-state index in [4.69, 9.17) is 10.8 Å². The van der Waals surface area contributed by atoms with Gasteiger partial charge in [-0.15, -0.1) is 0 Å². The highest BCUT2D eigenvalue weighted by molar-refractivity contribution is 5.81. The summed E-state index contributed by atoms with van der Waals surface area (Å²) < 4.78 is 0. The number of carbonyl (C=O) groups is 1. The predicted octanol–water partition coefficient (Wildman–Crippen LogP) is -0.824. The lowest BCUT2D eigenvalue weighted by atomic mass is 9.78. The third-order valence-electron chi connectivity index (χ3n) is 2.77. The molecular formula is C8H16N2O2. The van der Waals surface area contributed by atoms with Gasteiger partial charge in [-0.05, 0) is 33.0 Å². The van der Waals surface area contributed by atoms with E-state index < -0.39 is 5.41 Å². The number of hydrogen-bond donors (Lipinski definition) is 2. The van der Waals surface area contributed by atoms with Gasteiger partial charge in [0, 0.05) is 0 Å². The Morgan fingerprint density at radius 2 is 2.08 bits per heavy atom. The molecule has 1 amide bonds. The molecule has 0 bridgehead atoms. The maximum absolute atomic E-state index is 11.1. The van der Waals surface area contributed by atoms with Gasteiger partial charge in [-0.25, -0.2) is 0 Å². The summed E-state index contributed by atoms with van der Waals surface area (Å²) >= 11 is 0. The first-order valence-electron chi connectivity index (χ1n) is 4.20. The van der Waals surface area contributed by atoms with Crippen LogP contribution in [-0.2, 0) is 4.79 Å². The van der Waals surface area contributed by atoms with Crippen molar-refractivity contribution in [2.45, 2.75) is 12.8 Å². The van der Waals surface area contributed by atoms with Gasteiger partial charge >= 0.3 is 0 Å². The van der Waals surface area contributed by atoms with Crippen LogP contribution in [0.3, 0.4) is 0 Å². The summed E-state index contributed by atoms with van der Waals surface area (Å²) in [5.41, 5.74) is 4.59. The van der Waals surface area contributed by atoms with Crippen molar-refractivity contribution in [1.29, 1.82) is 0 Å². The number of hydrogen-bond acceptors (Lipinski definition) is 3. The summed E-state index contributed by atoms with van der Waals surface area (Å²) in [6, 6.07) is 0. The first-order chi connectivity index (χ1) is 5.60. The molecule has 4 heteroatoms. The molecule has 1 aliphatic heterocycles. The number of carbonyl (C=O) groups excluding carboxylic acids is 1. The van der Waals surface area contributed by atoms with E-state index in [1.807, 2.05) is 7.05 Å². The lowest BCUT2D eigenvalue weighted by Crippen LogP contribution is -2.48.